The Morgan fingerprint density at radius 2 is 2.06 bits per heavy atom. The highest BCUT2D eigenvalue weighted by Crippen LogP contribution is 2.24. The number of aromatic nitrogens is 2. The number of halogens is 2. The molecule has 5 heteroatoms. The Balaban J connectivity index is 2.24. The fraction of sp³-hybridized carbons (Fsp3) is 0.308. The molecule has 2 aromatic rings. The molecule has 1 unspecified atom stereocenters. The van der Waals surface area contributed by atoms with E-state index < -0.39 is 11.6 Å². The van der Waals surface area contributed by atoms with E-state index in [0.717, 1.165) is 17.3 Å². The number of nitrogens with zero attached hydrogens (tertiary/aromatic N) is 2. The van der Waals surface area contributed by atoms with Crippen molar-refractivity contribution in [2.45, 2.75) is 19.9 Å². The summed E-state index contributed by atoms with van der Waals surface area (Å²) in [5, 5.41) is 7.18. The Labute approximate surface area is 104 Å². The molecule has 1 N–H and O–H groups in total. The van der Waals surface area contributed by atoms with E-state index in [1.807, 2.05) is 27.1 Å². The smallest absolute Gasteiger partial charge is 0.181 e. The van der Waals surface area contributed by atoms with Gasteiger partial charge in [-0.2, -0.15) is 5.10 Å². The van der Waals surface area contributed by atoms with Gasteiger partial charge >= 0.3 is 0 Å². The van der Waals surface area contributed by atoms with Crippen molar-refractivity contribution in [2.24, 2.45) is 7.05 Å². The second kappa shape index (κ2) is 4.76. The van der Waals surface area contributed by atoms with Gasteiger partial charge in [-0.25, -0.2) is 8.78 Å². The van der Waals surface area contributed by atoms with Crippen LogP contribution in [0.1, 0.15) is 24.2 Å². The zero-order valence-electron chi connectivity index (χ0n) is 10.5. The van der Waals surface area contributed by atoms with Gasteiger partial charge < -0.3 is 5.32 Å². The minimum absolute atomic E-state index is 0.144. The molecule has 1 heterocycles. The molecule has 3 nitrogen and oxygen atoms in total. The van der Waals surface area contributed by atoms with E-state index in [-0.39, 0.29) is 11.7 Å². The molecule has 0 aliphatic carbocycles. The maximum Gasteiger partial charge on any atom is 0.181 e. The Morgan fingerprint density at radius 1 is 1.33 bits per heavy atom. The largest absolute Gasteiger partial charge is 0.376 e. The average molecular weight is 251 g/mol. The van der Waals surface area contributed by atoms with Gasteiger partial charge in [-0.15, -0.1) is 0 Å². The van der Waals surface area contributed by atoms with Gasteiger partial charge in [-0.05, 0) is 26.0 Å². The standard InChI is InChI=1S/C13H15F2N3/c1-8(10-7-18(3)17-9(10)2)16-12-6-4-5-11(14)13(12)15/h4-8,16H,1-3H3. The van der Waals surface area contributed by atoms with E-state index in [0.29, 0.717) is 0 Å². The number of aryl methyl sites for hydroxylation is 2. The maximum absolute atomic E-state index is 13.5. The molecule has 96 valence electrons. The molecule has 0 aliphatic rings. The van der Waals surface area contributed by atoms with Crippen molar-refractivity contribution in [1.82, 2.24) is 9.78 Å². The highest BCUT2D eigenvalue weighted by molar-refractivity contribution is 5.47. The van der Waals surface area contributed by atoms with Gasteiger partial charge in [-0.1, -0.05) is 6.07 Å². The summed E-state index contributed by atoms with van der Waals surface area (Å²) in [5.74, 6) is -1.71. The lowest BCUT2D eigenvalue weighted by Crippen LogP contribution is -2.09. The van der Waals surface area contributed by atoms with Gasteiger partial charge in [0.1, 0.15) is 0 Å². The lowest BCUT2D eigenvalue weighted by Gasteiger charge is -2.15. The number of hydrogen-bond donors (Lipinski definition) is 1. The predicted octanol–water partition coefficient (Wildman–Crippen LogP) is 3.18. The predicted molar refractivity (Wildman–Crippen MR) is 66.3 cm³/mol. The Morgan fingerprint density at radius 3 is 2.67 bits per heavy atom. The van der Waals surface area contributed by atoms with E-state index in [9.17, 15) is 8.78 Å². The summed E-state index contributed by atoms with van der Waals surface area (Å²) >= 11 is 0. The van der Waals surface area contributed by atoms with Crippen LogP contribution in [-0.4, -0.2) is 9.78 Å². The van der Waals surface area contributed by atoms with Crippen LogP contribution in [0.15, 0.2) is 24.4 Å². The maximum atomic E-state index is 13.5. The van der Waals surface area contributed by atoms with Crippen LogP contribution < -0.4 is 5.32 Å². The molecule has 0 spiro atoms. The second-order valence-corrected chi connectivity index (χ2v) is 4.31. The van der Waals surface area contributed by atoms with Gasteiger partial charge in [0, 0.05) is 18.8 Å². The van der Waals surface area contributed by atoms with Gasteiger partial charge in [0.15, 0.2) is 11.6 Å². The second-order valence-electron chi connectivity index (χ2n) is 4.31. The van der Waals surface area contributed by atoms with Crippen LogP contribution in [-0.2, 0) is 7.05 Å². The van der Waals surface area contributed by atoms with Crippen molar-refractivity contribution in [3.8, 4) is 0 Å². The first-order valence-electron chi connectivity index (χ1n) is 5.69. The van der Waals surface area contributed by atoms with Crippen molar-refractivity contribution in [3.05, 3.63) is 47.3 Å². The minimum Gasteiger partial charge on any atom is -0.376 e. The Bertz CT molecular complexity index is 563. The summed E-state index contributed by atoms with van der Waals surface area (Å²) in [6.07, 6.45) is 1.87. The lowest BCUT2D eigenvalue weighted by molar-refractivity contribution is 0.510. The fourth-order valence-corrected chi connectivity index (χ4v) is 1.97. The number of benzene rings is 1. The van der Waals surface area contributed by atoms with Crippen LogP contribution in [0, 0.1) is 18.6 Å². The van der Waals surface area contributed by atoms with Crippen molar-refractivity contribution >= 4 is 5.69 Å². The first kappa shape index (κ1) is 12.5. The number of rotatable bonds is 3. The van der Waals surface area contributed by atoms with Crippen molar-refractivity contribution in [2.75, 3.05) is 5.32 Å². The molecule has 0 radical (unpaired) electrons. The van der Waals surface area contributed by atoms with E-state index in [4.69, 9.17) is 0 Å². The third kappa shape index (κ3) is 2.34. The molecule has 0 amide bonds. The molecule has 0 bridgehead atoms. The molecule has 0 aliphatic heterocycles. The number of hydrogen-bond acceptors (Lipinski definition) is 2. The highest BCUT2D eigenvalue weighted by Gasteiger charge is 2.14. The van der Waals surface area contributed by atoms with Crippen molar-refractivity contribution < 1.29 is 8.78 Å². The average Bonchev–Trinajstić information content (AvgIpc) is 2.64. The van der Waals surface area contributed by atoms with Gasteiger partial charge in [0.25, 0.3) is 0 Å². The molecule has 2 rings (SSSR count). The highest BCUT2D eigenvalue weighted by atomic mass is 19.2. The summed E-state index contributed by atoms with van der Waals surface area (Å²) in [5.41, 5.74) is 1.99. The molecule has 0 saturated carbocycles. The third-order valence-electron chi connectivity index (χ3n) is 2.84. The summed E-state index contributed by atoms with van der Waals surface area (Å²) in [4.78, 5) is 0. The lowest BCUT2D eigenvalue weighted by atomic mass is 10.1. The van der Waals surface area contributed by atoms with Crippen LogP contribution in [0.3, 0.4) is 0 Å². The molecular formula is C13H15F2N3. The Hall–Kier alpha value is -1.91. The van der Waals surface area contributed by atoms with E-state index >= 15 is 0 Å². The monoisotopic (exact) mass is 251 g/mol. The van der Waals surface area contributed by atoms with Crippen LogP contribution >= 0.6 is 0 Å². The number of anilines is 1. The zero-order chi connectivity index (χ0) is 13.3. The zero-order valence-corrected chi connectivity index (χ0v) is 10.5. The van der Waals surface area contributed by atoms with E-state index in [1.54, 1.807) is 4.68 Å². The topological polar surface area (TPSA) is 29.9 Å². The molecule has 0 fully saturated rings. The number of nitrogens with one attached hydrogen (secondary N) is 1. The van der Waals surface area contributed by atoms with Gasteiger partial charge in [-0.3, -0.25) is 4.68 Å². The molecule has 1 atom stereocenters. The first-order chi connectivity index (χ1) is 8.49. The molecule has 1 aromatic carbocycles. The van der Waals surface area contributed by atoms with Gasteiger partial charge in [0.05, 0.1) is 17.4 Å². The third-order valence-corrected chi connectivity index (χ3v) is 2.84. The minimum atomic E-state index is -0.856. The summed E-state index contributed by atoms with van der Waals surface area (Å²) in [6, 6.07) is 3.94. The van der Waals surface area contributed by atoms with Crippen LogP contribution in [0.25, 0.3) is 0 Å². The quantitative estimate of drug-likeness (QED) is 0.908. The molecule has 0 saturated heterocycles. The van der Waals surface area contributed by atoms with Crippen molar-refractivity contribution in [3.63, 3.8) is 0 Å². The van der Waals surface area contributed by atoms with Crippen LogP contribution in [0.4, 0.5) is 14.5 Å². The summed E-state index contributed by atoms with van der Waals surface area (Å²) in [7, 11) is 1.83. The molecule has 1 aromatic heterocycles. The van der Waals surface area contributed by atoms with Crippen LogP contribution in [0.5, 0.6) is 0 Å². The summed E-state index contributed by atoms with van der Waals surface area (Å²) in [6.45, 7) is 3.77. The normalized spacial score (nSPS) is 12.5. The molecule has 18 heavy (non-hydrogen) atoms. The molecular weight excluding hydrogens is 236 g/mol. The van der Waals surface area contributed by atoms with E-state index in [2.05, 4.69) is 10.4 Å². The van der Waals surface area contributed by atoms with Gasteiger partial charge in [0.2, 0.25) is 0 Å². The van der Waals surface area contributed by atoms with E-state index in [1.165, 1.54) is 12.1 Å². The fourth-order valence-electron chi connectivity index (χ4n) is 1.97. The Kier molecular flexibility index (Phi) is 3.32. The SMILES string of the molecule is Cc1nn(C)cc1C(C)Nc1cccc(F)c1F. The summed E-state index contributed by atoms with van der Waals surface area (Å²) < 4.78 is 28.3. The van der Waals surface area contributed by atoms with Crippen LogP contribution in [0.2, 0.25) is 0 Å². The first-order valence-corrected chi connectivity index (χ1v) is 5.69. The van der Waals surface area contributed by atoms with Crippen molar-refractivity contribution in [1.29, 1.82) is 0 Å².